The fourth-order valence-electron chi connectivity index (χ4n) is 2.29. The second kappa shape index (κ2) is 9.14. The highest BCUT2D eigenvalue weighted by atomic mass is 28.5. The molecule has 0 unspecified atom stereocenters. The van der Waals surface area contributed by atoms with Crippen LogP contribution in [0.3, 0.4) is 0 Å². The van der Waals surface area contributed by atoms with E-state index >= 15 is 0 Å². The lowest BCUT2D eigenvalue weighted by atomic mass is 9.97. The zero-order chi connectivity index (χ0) is 21.0. The van der Waals surface area contributed by atoms with E-state index in [4.69, 9.17) is 17.1 Å². The average molecular weight is 439 g/mol. The second-order valence-corrected chi connectivity index (χ2v) is 27.8. The number of carbonyl (C=O) groups is 1. The van der Waals surface area contributed by atoms with Crippen LogP contribution < -0.4 is 0 Å². The molecule has 0 aliphatic carbocycles. The Balaban J connectivity index is 5.30. The van der Waals surface area contributed by atoms with E-state index in [1.807, 2.05) is 20.8 Å². The minimum Gasteiger partial charge on any atom is -0.465 e. The Labute approximate surface area is 165 Å². The summed E-state index contributed by atoms with van der Waals surface area (Å²) in [6.45, 7) is 25.6. The van der Waals surface area contributed by atoms with Gasteiger partial charge in [0.1, 0.15) is 0 Å². The summed E-state index contributed by atoms with van der Waals surface area (Å²) in [6, 6.07) is 0.698. The molecular formula is C17H42O5Si4. The number of carbonyl (C=O) groups excluding carboxylic acids is 1. The van der Waals surface area contributed by atoms with Crippen LogP contribution in [0.1, 0.15) is 27.2 Å². The zero-order valence-electron chi connectivity index (χ0n) is 19.2. The lowest BCUT2D eigenvalue weighted by Gasteiger charge is -2.42. The summed E-state index contributed by atoms with van der Waals surface area (Å²) in [7, 11) is -8.39. The molecule has 26 heavy (non-hydrogen) atoms. The first-order chi connectivity index (χ1) is 11.2. The molecule has 0 aromatic heterocycles. The van der Waals surface area contributed by atoms with Crippen molar-refractivity contribution in [3.8, 4) is 0 Å². The molecule has 0 N–H and O–H groups in total. The van der Waals surface area contributed by atoms with Crippen LogP contribution in [0.15, 0.2) is 0 Å². The maximum Gasteiger partial charge on any atom is 0.469 e. The normalized spacial score (nSPS) is 14.5. The van der Waals surface area contributed by atoms with Crippen molar-refractivity contribution in [2.75, 3.05) is 6.61 Å². The van der Waals surface area contributed by atoms with E-state index in [0.29, 0.717) is 19.1 Å². The minimum absolute atomic E-state index is 0.173. The van der Waals surface area contributed by atoms with Gasteiger partial charge in [0.05, 0.1) is 12.0 Å². The molecule has 5 nitrogen and oxygen atoms in total. The van der Waals surface area contributed by atoms with Gasteiger partial charge in [-0.2, -0.15) is 0 Å². The number of hydrogen-bond acceptors (Lipinski definition) is 5. The first kappa shape index (κ1) is 26.2. The maximum atomic E-state index is 12.0. The molecule has 0 atom stereocenters. The number of rotatable bonds is 10. The summed E-state index contributed by atoms with van der Waals surface area (Å²) in [5, 5.41) is 0. The fourth-order valence-corrected chi connectivity index (χ4v) is 16.9. The lowest BCUT2D eigenvalue weighted by molar-refractivity contribution is -0.152. The third kappa shape index (κ3) is 12.6. The molecule has 156 valence electrons. The number of ether oxygens (including phenoxy) is 1. The third-order valence-electron chi connectivity index (χ3n) is 2.86. The van der Waals surface area contributed by atoms with Gasteiger partial charge in [0.2, 0.25) is 0 Å². The van der Waals surface area contributed by atoms with Crippen molar-refractivity contribution in [1.82, 2.24) is 0 Å². The molecule has 0 aromatic rings. The standard InChI is InChI=1S/C17H42O5Si4/c1-17(2,3)16(18)19-14-13-15-26(20-23(4,5)6,21-24(7,8)9)22-25(10,11)12/h13-15H2,1-12H3. The van der Waals surface area contributed by atoms with Crippen molar-refractivity contribution in [2.24, 2.45) is 5.41 Å². The van der Waals surface area contributed by atoms with Crippen molar-refractivity contribution >= 4 is 39.7 Å². The van der Waals surface area contributed by atoms with Gasteiger partial charge >= 0.3 is 14.8 Å². The Hall–Kier alpha value is 0.218. The van der Waals surface area contributed by atoms with Gasteiger partial charge in [0, 0.05) is 6.04 Å². The van der Waals surface area contributed by atoms with Gasteiger partial charge in [-0.3, -0.25) is 4.79 Å². The van der Waals surface area contributed by atoms with Gasteiger partial charge in [-0.05, 0) is 86.1 Å². The Bertz CT molecular complexity index is 415. The molecule has 0 heterocycles. The van der Waals surface area contributed by atoms with Gasteiger partial charge in [0.15, 0.2) is 25.0 Å². The summed E-state index contributed by atoms with van der Waals surface area (Å²) >= 11 is 0. The van der Waals surface area contributed by atoms with Crippen molar-refractivity contribution in [1.29, 1.82) is 0 Å². The van der Waals surface area contributed by atoms with Crippen molar-refractivity contribution in [3.05, 3.63) is 0 Å². The monoisotopic (exact) mass is 438 g/mol. The molecule has 9 heteroatoms. The van der Waals surface area contributed by atoms with E-state index < -0.39 is 39.2 Å². The quantitative estimate of drug-likeness (QED) is 0.257. The van der Waals surface area contributed by atoms with E-state index in [0.717, 1.165) is 0 Å². The highest BCUT2D eigenvalue weighted by Gasteiger charge is 2.49. The van der Waals surface area contributed by atoms with Crippen LogP contribution in [0.2, 0.25) is 65.0 Å². The van der Waals surface area contributed by atoms with E-state index in [1.165, 1.54) is 0 Å². The van der Waals surface area contributed by atoms with Gasteiger partial charge in [-0.15, -0.1) is 0 Å². The van der Waals surface area contributed by atoms with Crippen molar-refractivity contribution in [2.45, 2.75) is 92.2 Å². The summed E-state index contributed by atoms with van der Waals surface area (Å²) < 4.78 is 25.3. The van der Waals surface area contributed by atoms with Gasteiger partial charge in [-0.1, -0.05) is 0 Å². The first-order valence-electron chi connectivity index (χ1n) is 9.53. The van der Waals surface area contributed by atoms with Crippen LogP contribution in [0.25, 0.3) is 0 Å². The third-order valence-corrected chi connectivity index (χ3v) is 14.9. The highest BCUT2D eigenvalue weighted by molar-refractivity contribution is 6.90. The van der Waals surface area contributed by atoms with Crippen LogP contribution in [0, 0.1) is 5.41 Å². The predicted molar refractivity (Wildman–Crippen MR) is 119 cm³/mol. The molecule has 0 saturated heterocycles. The van der Waals surface area contributed by atoms with Gasteiger partial charge < -0.3 is 17.1 Å². The summed E-state index contributed by atoms with van der Waals surface area (Å²) in [5.41, 5.74) is -0.479. The SMILES string of the molecule is CC(C)(C)C(=O)OCCC[Si](O[Si](C)(C)C)(O[Si](C)(C)C)O[Si](C)(C)C. The van der Waals surface area contributed by atoms with Crippen LogP contribution >= 0.6 is 0 Å². The molecular weight excluding hydrogens is 397 g/mol. The molecule has 0 aliphatic rings. The Morgan fingerprint density at radius 1 is 0.731 bits per heavy atom. The fraction of sp³-hybridized carbons (Fsp3) is 0.941. The number of hydrogen-bond donors (Lipinski definition) is 0. The molecule has 0 aliphatic heterocycles. The molecule has 0 radical (unpaired) electrons. The highest BCUT2D eigenvalue weighted by Crippen LogP contribution is 2.30. The Morgan fingerprint density at radius 2 is 1.08 bits per heavy atom. The second-order valence-electron chi connectivity index (χ2n) is 10.8. The lowest BCUT2D eigenvalue weighted by Crippen LogP contribution is -2.60. The molecule has 0 amide bonds. The molecule has 0 bridgehead atoms. The van der Waals surface area contributed by atoms with Crippen LogP contribution in [-0.2, 0) is 21.9 Å². The van der Waals surface area contributed by atoms with E-state index in [-0.39, 0.29) is 5.97 Å². The van der Waals surface area contributed by atoms with Crippen LogP contribution in [-0.4, -0.2) is 46.3 Å². The Morgan fingerprint density at radius 3 is 1.35 bits per heavy atom. The van der Waals surface area contributed by atoms with Crippen molar-refractivity contribution < 1.29 is 21.9 Å². The van der Waals surface area contributed by atoms with Crippen LogP contribution in [0.5, 0.6) is 0 Å². The minimum atomic E-state index is -2.83. The molecule has 0 spiro atoms. The van der Waals surface area contributed by atoms with Gasteiger partial charge in [-0.25, -0.2) is 0 Å². The van der Waals surface area contributed by atoms with E-state index in [1.54, 1.807) is 0 Å². The Kier molecular flexibility index (Phi) is 9.22. The van der Waals surface area contributed by atoms with Gasteiger partial charge in [0.25, 0.3) is 0 Å². The molecule has 0 rings (SSSR count). The molecule has 0 aromatic carbocycles. The van der Waals surface area contributed by atoms with E-state index in [2.05, 4.69) is 58.9 Å². The summed E-state index contributed by atoms with van der Waals surface area (Å²) in [6.07, 6.45) is 0.702. The largest absolute Gasteiger partial charge is 0.469 e. The molecule has 0 fully saturated rings. The smallest absolute Gasteiger partial charge is 0.465 e. The predicted octanol–water partition coefficient (Wildman–Crippen LogP) is 5.46. The maximum absolute atomic E-state index is 12.0. The summed E-state index contributed by atoms with van der Waals surface area (Å²) in [5.74, 6) is -0.173. The average Bonchev–Trinajstić information content (AvgIpc) is 2.25. The first-order valence-corrected chi connectivity index (χ1v) is 21.7. The van der Waals surface area contributed by atoms with Crippen LogP contribution in [0.4, 0.5) is 0 Å². The van der Waals surface area contributed by atoms with E-state index in [9.17, 15) is 4.79 Å². The molecule has 0 saturated carbocycles. The number of esters is 1. The van der Waals surface area contributed by atoms with Crippen molar-refractivity contribution in [3.63, 3.8) is 0 Å². The summed E-state index contributed by atoms with van der Waals surface area (Å²) in [4.78, 5) is 12.0. The zero-order valence-corrected chi connectivity index (χ0v) is 23.2. The topological polar surface area (TPSA) is 54.0 Å².